The van der Waals surface area contributed by atoms with Gasteiger partial charge in [-0.05, 0) is 41.8 Å². The Morgan fingerprint density at radius 3 is 2.44 bits per heavy atom. The number of aromatic hydroxyl groups is 1. The molecule has 138 valence electrons. The van der Waals surface area contributed by atoms with Gasteiger partial charge >= 0.3 is 0 Å². The fraction of sp³-hybridized carbons (Fsp3) is 0.200. The van der Waals surface area contributed by atoms with Crippen molar-refractivity contribution in [3.63, 3.8) is 0 Å². The number of hydrogen-bond acceptors (Lipinski definition) is 7. The molecule has 0 atom stereocenters. The van der Waals surface area contributed by atoms with Crippen LogP contribution in [0.1, 0.15) is 11.1 Å². The topological polar surface area (TPSA) is 88.5 Å². The van der Waals surface area contributed by atoms with Gasteiger partial charge in [0.2, 0.25) is 6.79 Å². The molecular weight excluding hydrogens is 344 g/mol. The van der Waals surface area contributed by atoms with Gasteiger partial charge in [-0.3, -0.25) is 0 Å². The number of ether oxygens (including phenoxy) is 2. The van der Waals surface area contributed by atoms with E-state index in [4.69, 9.17) is 9.47 Å². The first-order chi connectivity index (χ1) is 13.3. The van der Waals surface area contributed by atoms with Crippen LogP contribution in [-0.2, 0) is 13.0 Å². The highest BCUT2D eigenvalue weighted by molar-refractivity contribution is 5.48. The van der Waals surface area contributed by atoms with Crippen molar-refractivity contribution in [2.45, 2.75) is 13.0 Å². The Morgan fingerprint density at radius 1 is 0.852 bits per heavy atom. The predicted molar refractivity (Wildman–Crippen MR) is 102 cm³/mol. The Kier molecular flexibility index (Phi) is 4.91. The first kappa shape index (κ1) is 17.0. The maximum absolute atomic E-state index is 9.32. The summed E-state index contributed by atoms with van der Waals surface area (Å²) in [4.78, 5) is 8.51. The van der Waals surface area contributed by atoms with Gasteiger partial charge in [-0.1, -0.05) is 18.2 Å². The Labute approximate surface area is 157 Å². The Hall–Kier alpha value is -3.48. The normalized spacial score (nSPS) is 12.0. The van der Waals surface area contributed by atoms with Crippen molar-refractivity contribution in [1.82, 2.24) is 9.97 Å². The lowest BCUT2D eigenvalue weighted by atomic mass is 10.1. The van der Waals surface area contributed by atoms with Gasteiger partial charge in [-0.25, -0.2) is 9.97 Å². The standard InChI is InChI=1S/C20H20N4O3/c25-16-4-1-14(2-5-16)7-8-21-19-10-20(24-12-23-19)22-11-15-3-6-17-18(9-15)27-13-26-17/h1-6,9-10,12,25H,7-8,11,13H2,(H2,21,22,23,24). The Morgan fingerprint density at radius 2 is 1.59 bits per heavy atom. The van der Waals surface area contributed by atoms with Gasteiger partial charge in [0, 0.05) is 19.2 Å². The van der Waals surface area contributed by atoms with E-state index in [1.807, 2.05) is 36.4 Å². The largest absolute Gasteiger partial charge is 0.508 e. The van der Waals surface area contributed by atoms with Crippen LogP contribution >= 0.6 is 0 Å². The molecule has 1 aliphatic heterocycles. The minimum Gasteiger partial charge on any atom is -0.508 e. The van der Waals surface area contributed by atoms with Gasteiger partial charge in [0.25, 0.3) is 0 Å². The molecule has 0 saturated heterocycles. The lowest BCUT2D eigenvalue weighted by Gasteiger charge is -2.09. The summed E-state index contributed by atoms with van der Waals surface area (Å²) in [5.74, 6) is 3.34. The monoisotopic (exact) mass is 364 g/mol. The first-order valence-electron chi connectivity index (χ1n) is 8.72. The summed E-state index contributed by atoms with van der Waals surface area (Å²) in [6.07, 6.45) is 2.37. The average Bonchev–Trinajstić information content (AvgIpc) is 3.16. The summed E-state index contributed by atoms with van der Waals surface area (Å²) >= 11 is 0. The number of phenolic OH excluding ortho intramolecular Hbond substituents is 1. The van der Waals surface area contributed by atoms with Gasteiger partial charge in [-0.15, -0.1) is 0 Å². The zero-order valence-corrected chi connectivity index (χ0v) is 14.7. The molecule has 0 unspecified atom stereocenters. The number of hydrogen-bond donors (Lipinski definition) is 3. The molecule has 0 radical (unpaired) electrons. The molecule has 0 saturated carbocycles. The molecule has 2 aromatic carbocycles. The van der Waals surface area contributed by atoms with E-state index in [1.165, 1.54) is 6.33 Å². The minimum atomic E-state index is 0.275. The molecule has 1 aromatic heterocycles. The van der Waals surface area contributed by atoms with Crippen molar-refractivity contribution < 1.29 is 14.6 Å². The van der Waals surface area contributed by atoms with Crippen LogP contribution in [0.4, 0.5) is 11.6 Å². The number of nitrogens with zero attached hydrogens (tertiary/aromatic N) is 2. The van der Waals surface area contributed by atoms with Crippen molar-refractivity contribution in [2.24, 2.45) is 0 Å². The highest BCUT2D eigenvalue weighted by Crippen LogP contribution is 2.32. The summed E-state index contributed by atoms with van der Waals surface area (Å²) < 4.78 is 10.7. The number of aromatic nitrogens is 2. The molecule has 7 heteroatoms. The fourth-order valence-electron chi connectivity index (χ4n) is 2.79. The van der Waals surface area contributed by atoms with Crippen molar-refractivity contribution in [2.75, 3.05) is 24.0 Å². The first-order valence-corrected chi connectivity index (χ1v) is 8.72. The fourth-order valence-corrected chi connectivity index (χ4v) is 2.79. The molecular formula is C20H20N4O3. The van der Waals surface area contributed by atoms with Gasteiger partial charge in [0.1, 0.15) is 23.7 Å². The molecule has 3 aromatic rings. The molecule has 0 aliphatic carbocycles. The van der Waals surface area contributed by atoms with E-state index < -0.39 is 0 Å². The summed E-state index contributed by atoms with van der Waals surface area (Å²) in [5.41, 5.74) is 2.23. The van der Waals surface area contributed by atoms with Crippen LogP contribution in [0.3, 0.4) is 0 Å². The van der Waals surface area contributed by atoms with E-state index in [2.05, 4.69) is 20.6 Å². The molecule has 2 heterocycles. The number of benzene rings is 2. The maximum atomic E-state index is 9.32. The summed E-state index contributed by atoms with van der Waals surface area (Å²) in [7, 11) is 0. The third-order valence-corrected chi connectivity index (χ3v) is 4.23. The molecule has 4 rings (SSSR count). The van der Waals surface area contributed by atoms with E-state index in [-0.39, 0.29) is 12.5 Å². The van der Waals surface area contributed by atoms with E-state index in [1.54, 1.807) is 12.1 Å². The van der Waals surface area contributed by atoms with Gasteiger partial charge < -0.3 is 25.2 Å². The van der Waals surface area contributed by atoms with Gasteiger partial charge in [-0.2, -0.15) is 0 Å². The number of phenols is 1. The summed E-state index contributed by atoms with van der Waals surface area (Å²) in [5, 5.41) is 15.9. The lowest BCUT2D eigenvalue weighted by molar-refractivity contribution is 0.174. The van der Waals surface area contributed by atoms with Crippen LogP contribution in [0.5, 0.6) is 17.2 Å². The average molecular weight is 364 g/mol. The number of fused-ring (bicyclic) bond motifs is 1. The van der Waals surface area contributed by atoms with Crippen molar-refractivity contribution >= 4 is 11.6 Å². The second-order valence-electron chi connectivity index (χ2n) is 6.17. The van der Waals surface area contributed by atoms with E-state index in [0.29, 0.717) is 6.54 Å². The van der Waals surface area contributed by atoms with Crippen LogP contribution in [0.2, 0.25) is 0 Å². The van der Waals surface area contributed by atoms with E-state index in [9.17, 15) is 5.11 Å². The number of anilines is 2. The van der Waals surface area contributed by atoms with Crippen molar-refractivity contribution in [1.29, 1.82) is 0 Å². The Bertz CT molecular complexity index is 915. The second kappa shape index (κ2) is 7.82. The number of nitrogens with one attached hydrogen (secondary N) is 2. The SMILES string of the molecule is Oc1ccc(CCNc2cc(NCc3ccc4c(c3)OCO4)ncn2)cc1. The zero-order chi connectivity index (χ0) is 18.5. The van der Waals surface area contributed by atoms with Crippen molar-refractivity contribution in [3.8, 4) is 17.2 Å². The smallest absolute Gasteiger partial charge is 0.231 e. The highest BCUT2D eigenvalue weighted by Gasteiger charge is 2.13. The van der Waals surface area contributed by atoms with E-state index >= 15 is 0 Å². The van der Waals surface area contributed by atoms with Crippen LogP contribution in [-0.4, -0.2) is 28.4 Å². The molecule has 1 aliphatic rings. The number of rotatable bonds is 7. The van der Waals surface area contributed by atoms with Crippen LogP contribution in [0, 0.1) is 0 Å². The second-order valence-corrected chi connectivity index (χ2v) is 6.17. The molecule has 3 N–H and O–H groups in total. The molecule has 7 nitrogen and oxygen atoms in total. The Balaban J connectivity index is 1.30. The molecule has 0 spiro atoms. The minimum absolute atomic E-state index is 0.275. The predicted octanol–water partition coefficient (Wildman–Crippen LogP) is 3.18. The summed E-state index contributed by atoms with van der Waals surface area (Å²) in [6.45, 7) is 1.64. The van der Waals surface area contributed by atoms with Crippen LogP contribution in [0.15, 0.2) is 54.9 Å². The highest BCUT2D eigenvalue weighted by atomic mass is 16.7. The third-order valence-electron chi connectivity index (χ3n) is 4.23. The lowest BCUT2D eigenvalue weighted by Crippen LogP contribution is -2.08. The summed E-state index contributed by atoms with van der Waals surface area (Å²) in [6, 6.07) is 15.0. The molecule has 0 bridgehead atoms. The maximum Gasteiger partial charge on any atom is 0.231 e. The van der Waals surface area contributed by atoms with Crippen LogP contribution in [0.25, 0.3) is 0 Å². The third kappa shape index (κ3) is 4.38. The van der Waals surface area contributed by atoms with E-state index in [0.717, 1.165) is 47.2 Å². The van der Waals surface area contributed by atoms with Gasteiger partial charge in [0.15, 0.2) is 11.5 Å². The molecule has 0 amide bonds. The van der Waals surface area contributed by atoms with Gasteiger partial charge in [0.05, 0.1) is 0 Å². The van der Waals surface area contributed by atoms with Crippen molar-refractivity contribution in [3.05, 3.63) is 66.0 Å². The zero-order valence-electron chi connectivity index (χ0n) is 14.7. The quantitative estimate of drug-likeness (QED) is 0.593. The molecule has 27 heavy (non-hydrogen) atoms. The van der Waals surface area contributed by atoms with Crippen LogP contribution < -0.4 is 20.1 Å². The molecule has 0 fully saturated rings.